The predicted molar refractivity (Wildman–Crippen MR) is 109 cm³/mol. The van der Waals surface area contributed by atoms with Gasteiger partial charge in [-0.05, 0) is 39.2 Å². The molecule has 0 amide bonds. The van der Waals surface area contributed by atoms with Crippen molar-refractivity contribution in [2.75, 3.05) is 20.7 Å². The lowest BCUT2D eigenvalue weighted by atomic mass is 10.0. The highest BCUT2D eigenvalue weighted by molar-refractivity contribution is 6.06. The lowest BCUT2D eigenvalue weighted by Crippen LogP contribution is -2.14. The largest absolute Gasteiger partial charge is 0.507 e. The van der Waals surface area contributed by atoms with Gasteiger partial charge in [-0.2, -0.15) is 0 Å². The minimum absolute atomic E-state index is 0. The van der Waals surface area contributed by atoms with Crippen molar-refractivity contribution in [3.05, 3.63) is 48.0 Å². The van der Waals surface area contributed by atoms with E-state index in [-0.39, 0.29) is 37.2 Å². The highest BCUT2D eigenvalue weighted by atomic mass is 35.5. The number of halogens is 2. The number of esters is 1. The first kappa shape index (κ1) is 22.8. The first-order valence-electron chi connectivity index (χ1n) is 8.02. The number of phenolic OH excluding ortho intramolecular Hbond substituents is 1. The number of hydrogen-bond donors (Lipinski definition) is 1. The van der Waals surface area contributed by atoms with Crippen molar-refractivity contribution in [2.45, 2.75) is 13.5 Å². The van der Waals surface area contributed by atoms with Crippen LogP contribution in [0.3, 0.4) is 0 Å². The van der Waals surface area contributed by atoms with Crippen LogP contribution in [0.25, 0.3) is 22.1 Å². The second kappa shape index (κ2) is 9.60. The predicted octanol–water partition coefficient (Wildman–Crippen LogP) is 4.28. The summed E-state index contributed by atoms with van der Waals surface area (Å²) in [7, 11) is 3.78. The number of carbonyl (C=O) groups is 1. The monoisotopic (exact) mass is 412 g/mol. The van der Waals surface area contributed by atoms with Gasteiger partial charge in [0.1, 0.15) is 22.7 Å². The number of fused-ring (bicyclic) bond motifs is 1. The number of aromatic hydroxyl groups is 1. The van der Waals surface area contributed by atoms with Crippen molar-refractivity contribution in [3.63, 3.8) is 0 Å². The fourth-order valence-corrected chi connectivity index (χ4v) is 2.76. The molecule has 6 nitrogen and oxygen atoms in total. The lowest BCUT2D eigenvalue weighted by Gasteiger charge is -2.08. The Labute approximate surface area is 170 Å². The zero-order valence-corrected chi connectivity index (χ0v) is 16.9. The molecule has 8 heteroatoms. The van der Waals surface area contributed by atoms with Crippen LogP contribution in [0.1, 0.15) is 23.0 Å². The van der Waals surface area contributed by atoms with Crippen LogP contribution in [0.15, 0.2) is 41.1 Å². The average molecular weight is 413 g/mol. The molecular formula is C19H22Cl2N2O4. The van der Waals surface area contributed by atoms with Gasteiger partial charge in [0.05, 0.1) is 13.2 Å². The van der Waals surface area contributed by atoms with Gasteiger partial charge in [-0.3, -0.25) is 4.98 Å². The molecule has 0 saturated carbocycles. The van der Waals surface area contributed by atoms with Gasteiger partial charge in [0.15, 0.2) is 0 Å². The molecule has 1 aromatic carbocycles. The van der Waals surface area contributed by atoms with Crippen molar-refractivity contribution < 1.29 is 19.1 Å². The summed E-state index contributed by atoms with van der Waals surface area (Å²) < 4.78 is 11.1. The third kappa shape index (κ3) is 4.71. The summed E-state index contributed by atoms with van der Waals surface area (Å²) in [5.41, 5.74) is 2.25. The molecule has 2 aromatic heterocycles. The van der Waals surface area contributed by atoms with Gasteiger partial charge in [-0.25, -0.2) is 4.79 Å². The molecule has 0 aliphatic heterocycles. The normalized spacial score (nSPS) is 10.4. The second-order valence-corrected chi connectivity index (χ2v) is 5.97. The third-order valence-corrected chi connectivity index (χ3v) is 3.79. The Morgan fingerprint density at radius 2 is 2.04 bits per heavy atom. The summed E-state index contributed by atoms with van der Waals surface area (Å²) in [4.78, 5) is 18.4. The van der Waals surface area contributed by atoms with Crippen molar-refractivity contribution in [1.82, 2.24) is 9.88 Å². The summed E-state index contributed by atoms with van der Waals surface area (Å²) in [6, 6.07) is 6.92. The summed E-state index contributed by atoms with van der Waals surface area (Å²) >= 11 is 0. The van der Waals surface area contributed by atoms with Crippen LogP contribution >= 0.6 is 24.8 Å². The highest BCUT2D eigenvalue weighted by Gasteiger charge is 2.24. The van der Waals surface area contributed by atoms with E-state index in [9.17, 15) is 9.90 Å². The minimum Gasteiger partial charge on any atom is -0.507 e. The van der Waals surface area contributed by atoms with E-state index < -0.39 is 5.97 Å². The summed E-state index contributed by atoms with van der Waals surface area (Å²) in [6.07, 6.45) is 3.33. The van der Waals surface area contributed by atoms with Gasteiger partial charge in [-0.1, -0.05) is 6.07 Å². The molecule has 0 aliphatic rings. The van der Waals surface area contributed by atoms with Crippen LogP contribution in [0.5, 0.6) is 5.75 Å². The summed E-state index contributed by atoms with van der Waals surface area (Å²) in [5, 5.41) is 11.0. The number of phenols is 1. The molecule has 3 aromatic rings. The molecule has 27 heavy (non-hydrogen) atoms. The van der Waals surface area contributed by atoms with E-state index >= 15 is 0 Å². The van der Waals surface area contributed by atoms with E-state index in [1.54, 1.807) is 37.5 Å². The number of furan rings is 1. The van der Waals surface area contributed by atoms with Crippen molar-refractivity contribution in [2.24, 2.45) is 0 Å². The second-order valence-electron chi connectivity index (χ2n) is 5.97. The van der Waals surface area contributed by atoms with Crippen LogP contribution in [-0.2, 0) is 11.3 Å². The number of carbonyl (C=O) groups excluding carboxylic acids is 1. The maximum Gasteiger partial charge on any atom is 0.342 e. The molecule has 146 valence electrons. The zero-order valence-electron chi connectivity index (χ0n) is 15.3. The summed E-state index contributed by atoms with van der Waals surface area (Å²) in [6.45, 7) is 2.47. The summed E-state index contributed by atoms with van der Waals surface area (Å²) in [5.74, 6) is 0.121. The van der Waals surface area contributed by atoms with Crippen LogP contribution < -0.4 is 0 Å². The maximum atomic E-state index is 12.4. The van der Waals surface area contributed by atoms with Crippen LogP contribution in [-0.4, -0.2) is 41.7 Å². The van der Waals surface area contributed by atoms with E-state index in [2.05, 4.69) is 4.98 Å². The molecule has 0 radical (unpaired) electrons. The maximum absolute atomic E-state index is 12.4. The Morgan fingerprint density at radius 3 is 2.63 bits per heavy atom. The molecule has 0 atom stereocenters. The number of nitrogens with zero attached hydrogens (tertiary/aromatic N) is 2. The Bertz CT molecular complexity index is 911. The van der Waals surface area contributed by atoms with E-state index in [0.29, 0.717) is 34.4 Å². The lowest BCUT2D eigenvalue weighted by molar-refractivity contribution is 0.0524. The van der Waals surface area contributed by atoms with E-state index in [4.69, 9.17) is 9.15 Å². The molecule has 2 heterocycles. The van der Waals surface area contributed by atoms with Crippen LogP contribution in [0.4, 0.5) is 0 Å². The number of rotatable bonds is 5. The number of aromatic nitrogens is 1. The first-order valence-corrected chi connectivity index (χ1v) is 8.02. The quantitative estimate of drug-likeness (QED) is 0.630. The minimum atomic E-state index is -0.452. The van der Waals surface area contributed by atoms with Gasteiger partial charge >= 0.3 is 5.97 Å². The molecule has 0 bridgehead atoms. The fourth-order valence-electron chi connectivity index (χ4n) is 2.76. The van der Waals surface area contributed by atoms with E-state index in [1.807, 2.05) is 25.1 Å². The van der Waals surface area contributed by atoms with Gasteiger partial charge in [-0.15, -0.1) is 24.8 Å². The Hall–Kier alpha value is -2.28. The van der Waals surface area contributed by atoms with Crippen LogP contribution in [0, 0.1) is 0 Å². The van der Waals surface area contributed by atoms with E-state index in [0.717, 1.165) is 5.56 Å². The van der Waals surface area contributed by atoms with Crippen LogP contribution in [0.2, 0.25) is 0 Å². The van der Waals surface area contributed by atoms with Crippen molar-refractivity contribution in [3.8, 4) is 16.9 Å². The van der Waals surface area contributed by atoms with Gasteiger partial charge in [0.25, 0.3) is 0 Å². The Kier molecular flexibility index (Phi) is 8.09. The zero-order chi connectivity index (χ0) is 18.0. The first-order chi connectivity index (χ1) is 12.0. The number of hydrogen-bond acceptors (Lipinski definition) is 6. The molecular weight excluding hydrogens is 391 g/mol. The smallest absolute Gasteiger partial charge is 0.342 e. The molecule has 1 N–H and O–H groups in total. The van der Waals surface area contributed by atoms with Crippen molar-refractivity contribution in [1.29, 1.82) is 0 Å². The standard InChI is InChI=1S/C19H20N2O4.2ClH/c1-4-24-19(23)18-14-8-15(22)13(12-6-5-7-20-10-12)9-16(14)25-17(18)11-21(2)3;;/h5-10,22H,4,11H2,1-3H3;2*1H. The molecule has 0 unspecified atom stereocenters. The fraction of sp³-hybridized carbons (Fsp3) is 0.263. The molecule has 0 saturated heterocycles. The molecule has 0 spiro atoms. The van der Waals surface area contributed by atoms with Gasteiger partial charge < -0.3 is 19.2 Å². The third-order valence-electron chi connectivity index (χ3n) is 3.79. The molecule has 3 rings (SSSR count). The molecule has 0 fully saturated rings. The highest BCUT2D eigenvalue weighted by Crippen LogP contribution is 2.37. The number of benzene rings is 1. The number of pyridine rings is 1. The van der Waals surface area contributed by atoms with E-state index in [1.165, 1.54) is 0 Å². The Morgan fingerprint density at radius 1 is 1.30 bits per heavy atom. The topological polar surface area (TPSA) is 75.8 Å². The SMILES string of the molecule is CCOC(=O)c1c(CN(C)C)oc2cc(-c3cccnc3)c(O)cc12.Cl.Cl. The van der Waals surface area contributed by atoms with Gasteiger partial charge in [0, 0.05) is 28.9 Å². The average Bonchev–Trinajstić information content (AvgIpc) is 2.91. The van der Waals surface area contributed by atoms with Crippen molar-refractivity contribution >= 4 is 41.8 Å². The number of ether oxygens (including phenoxy) is 1. The Balaban J connectivity index is 0.00000182. The van der Waals surface area contributed by atoms with Gasteiger partial charge in [0.2, 0.25) is 0 Å². The molecule has 0 aliphatic carbocycles.